The number of benzene rings is 1. The van der Waals surface area contributed by atoms with Crippen LogP contribution in [0.25, 0.3) is 6.08 Å². The highest BCUT2D eigenvalue weighted by Gasteiger charge is 2.14. The molecule has 0 radical (unpaired) electrons. The summed E-state index contributed by atoms with van der Waals surface area (Å²) in [6.45, 7) is 5.66. The molecular formula is C18H22N2O5. The summed E-state index contributed by atoms with van der Waals surface area (Å²) in [6, 6.07) is 6.52. The van der Waals surface area contributed by atoms with Crippen molar-refractivity contribution >= 4 is 18.1 Å². The van der Waals surface area contributed by atoms with Crippen molar-refractivity contribution in [2.75, 3.05) is 13.7 Å². The van der Waals surface area contributed by atoms with Crippen LogP contribution in [-0.4, -0.2) is 31.8 Å². The van der Waals surface area contributed by atoms with Crippen LogP contribution in [0, 0.1) is 11.3 Å². The average molecular weight is 346 g/mol. The molecule has 7 heteroatoms. The molecule has 1 atom stereocenters. The number of nitriles is 1. The zero-order valence-electron chi connectivity index (χ0n) is 14.8. The second-order valence-corrected chi connectivity index (χ2v) is 5.15. The van der Waals surface area contributed by atoms with Crippen molar-refractivity contribution in [2.24, 2.45) is 0 Å². The van der Waals surface area contributed by atoms with Crippen LogP contribution in [0.2, 0.25) is 0 Å². The van der Waals surface area contributed by atoms with Gasteiger partial charge >= 0.3 is 6.16 Å². The van der Waals surface area contributed by atoms with E-state index in [1.54, 1.807) is 19.1 Å². The molecule has 7 nitrogen and oxygen atoms in total. The molecule has 0 bridgehead atoms. The Bertz CT molecular complexity index is 691. The standard InChI is InChI=1S/C18H22N2O5/c1-5-12(3)20-17(21)14(11-19)9-13-7-8-15(16(10-13)23-4)25-18(22)24-6-2/h7-10,12H,5-6H2,1-4H3,(H,20,21)/b14-9+/t12-/m1/s1. The van der Waals surface area contributed by atoms with Gasteiger partial charge in [0.2, 0.25) is 0 Å². The first kappa shape index (κ1) is 20.0. The molecule has 0 unspecified atom stereocenters. The number of carbonyl (C=O) groups excluding carboxylic acids is 2. The summed E-state index contributed by atoms with van der Waals surface area (Å²) in [6.07, 6.45) is 1.36. The van der Waals surface area contributed by atoms with Crippen LogP contribution in [0.5, 0.6) is 11.5 Å². The largest absolute Gasteiger partial charge is 0.513 e. The van der Waals surface area contributed by atoms with Gasteiger partial charge in [-0.1, -0.05) is 13.0 Å². The first-order valence-electron chi connectivity index (χ1n) is 7.90. The Balaban J connectivity index is 3.03. The molecule has 1 rings (SSSR count). The van der Waals surface area contributed by atoms with E-state index in [0.29, 0.717) is 5.56 Å². The van der Waals surface area contributed by atoms with Crippen molar-refractivity contribution in [1.82, 2.24) is 5.32 Å². The number of amides is 1. The van der Waals surface area contributed by atoms with E-state index >= 15 is 0 Å². The number of ether oxygens (including phenoxy) is 3. The highest BCUT2D eigenvalue weighted by atomic mass is 16.7. The maximum Gasteiger partial charge on any atom is 0.513 e. The topological polar surface area (TPSA) is 97.7 Å². The van der Waals surface area contributed by atoms with Gasteiger partial charge in [0, 0.05) is 6.04 Å². The highest BCUT2D eigenvalue weighted by Crippen LogP contribution is 2.29. The van der Waals surface area contributed by atoms with E-state index in [1.807, 2.05) is 19.9 Å². The number of methoxy groups -OCH3 is 1. The molecule has 0 fully saturated rings. The molecular weight excluding hydrogens is 324 g/mol. The second kappa shape index (κ2) is 9.98. The summed E-state index contributed by atoms with van der Waals surface area (Å²) in [7, 11) is 1.42. The number of nitrogens with one attached hydrogen (secondary N) is 1. The van der Waals surface area contributed by atoms with Crippen LogP contribution in [0.15, 0.2) is 23.8 Å². The lowest BCUT2D eigenvalue weighted by Crippen LogP contribution is -2.32. The lowest BCUT2D eigenvalue weighted by Gasteiger charge is -2.11. The van der Waals surface area contributed by atoms with E-state index in [2.05, 4.69) is 5.32 Å². The number of hydrogen-bond acceptors (Lipinski definition) is 6. The van der Waals surface area contributed by atoms with Crippen molar-refractivity contribution < 1.29 is 23.8 Å². The third kappa shape index (κ3) is 6.18. The monoisotopic (exact) mass is 346 g/mol. The summed E-state index contributed by atoms with van der Waals surface area (Å²) >= 11 is 0. The van der Waals surface area contributed by atoms with E-state index in [4.69, 9.17) is 14.2 Å². The van der Waals surface area contributed by atoms with Gasteiger partial charge in [0.15, 0.2) is 11.5 Å². The zero-order valence-corrected chi connectivity index (χ0v) is 14.8. The summed E-state index contributed by atoms with van der Waals surface area (Å²) in [5.74, 6) is 0.0183. The van der Waals surface area contributed by atoms with Crippen molar-refractivity contribution in [3.05, 3.63) is 29.3 Å². The van der Waals surface area contributed by atoms with E-state index in [0.717, 1.165) is 6.42 Å². The van der Waals surface area contributed by atoms with Gasteiger partial charge in [0.05, 0.1) is 13.7 Å². The molecule has 0 spiro atoms. The van der Waals surface area contributed by atoms with Crippen LogP contribution in [0.1, 0.15) is 32.8 Å². The molecule has 25 heavy (non-hydrogen) atoms. The highest BCUT2D eigenvalue weighted by molar-refractivity contribution is 6.01. The molecule has 0 heterocycles. The van der Waals surface area contributed by atoms with Gasteiger partial charge in [-0.05, 0) is 44.0 Å². The van der Waals surface area contributed by atoms with E-state index in [-0.39, 0.29) is 29.7 Å². The van der Waals surface area contributed by atoms with Gasteiger partial charge in [0.1, 0.15) is 11.6 Å². The fraction of sp³-hybridized carbons (Fsp3) is 0.389. The Hall–Kier alpha value is -3.01. The zero-order chi connectivity index (χ0) is 18.8. The first-order valence-corrected chi connectivity index (χ1v) is 7.90. The normalized spacial score (nSPS) is 11.9. The maximum atomic E-state index is 12.1. The van der Waals surface area contributed by atoms with Crippen molar-refractivity contribution in [1.29, 1.82) is 5.26 Å². The van der Waals surface area contributed by atoms with Crippen LogP contribution < -0.4 is 14.8 Å². The van der Waals surface area contributed by atoms with Gasteiger partial charge in [-0.2, -0.15) is 5.26 Å². The predicted octanol–water partition coefficient (Wildman–Crippen LogP) is 3.05. The minimum atomic E-state index is -0.838. The molecule has 0 aliphatic heterocycles. The maximum absolute atomic E-state index is 12.1. The van der Waals surface area contributed by atoms with E-state index < -0.39 is 12.1 Å². The van der Waals surface area contributed by atoms with Gasteiger partial charge < -0.3 is 19.5 Å². The Kier molecular flexibility index (Phi) is 8.00. The molecule has 0 aliphatic rings. The minimum absolute atomic E-state index is 0.0265. The summed E-state index contributed by atoms with van der Waals surface area (Å²) in [5, 5.41) is 11.9. The summed E-state index contributed by atoms with van der Waals surface area (Å²) in [4.78, 5) is 23.5. The second-order valence-electron chi connectivity index (χ2n) is 5.15. The van der Waals surface area contributed by atoms with Gasteiger partial charge in [-0.15, -0.1) is 0 Å². The van der Waals surface area contributed by atoms with Crippen LogP contribution in [0.3, 0.4) is 0 Å². The lowest BCUT2D eigenvalue weighted by molar-refractivity contribution is -0.117. The fourth-order valence-electron chi connectivity index (χ4n) is 1.81. The molecule has 0 aliphatic carbocycles. The van der Waals surface area contributed by atoms with Crippen molar-refractivity contribution in [3.8, 4) is 17.6 Å². The fourth-order valence-corrected chi connectivity index (χ4v) is 1.81. The van der Waals surface area contributed by atoms with Gasteiger partial charge in [-0.3, -0.25) is 4.79 Å². The Labute approximate surface area is 147 Å². The van der Waals surface area contributed by atoms with Crippen LogP contribution in [-0.2, 0) is 9.53 Å². The smallest absolute Gasteiger partial charge is 0.493 e. The molecule has 0 aromatic heterocycles. The number of carbonyl (C=O) groups is 2. The molecule has 0 saturated heterocycles. The van der Waals surface area contributed by atoms with Crippen molar-refractivity contribution in [3.63, 3.8) is 0 Å². The molecule has 134 valence electrons. The van der Waals surface area contributed by atoms with Gasteiger partial charge in [-0.25, -0.2) is 4.79 Å². The average Bonchev–Trinajstić information content (AvgIpc) is 2.60. The lowest BCUT2D eigenvalue weighted by atomic mass is 10.1. The van der Waals surface area contributed by atoms with Crippen LogP contribution >= 0.6 is 0 Å². The third-order valence-electron chi connectivity index (χ3n) is 3.31. The third-order valence-corrected chi connectivity index (χ3v) is 3.31. The number of nitrogens with zero attached hydrogens (tertiary/aromatic N) is 1. The molecule has 1 N–H and O–H groups in total. The van der Waals surface area contributed by atoms with E-state index in [1.165, 1.54) is 19.3 Å². The predicted molar refractivity (Wildman–Crippen MR) is 92.1 cm³/mol. The Morgan fingerprint density at radius 2 is 2.04 bits per heavy atom. The molecule has 1 aromatic rings. The molecule has 0 saturated carbocycles. The molecule has 1 aromatic carbocycles. The summed E-state index contributed by atoms with van der Waals surface area (Å²) in [5.41, 5.74) is 0.533. The van der Waals surface area contributed by atoms with E-state index in [9.17, 15) is 14.9 Å². The number of hydrogen-bond donors (Lipinski definition) is 1. The Morgan fingerprint density at radius 1 is 1.32 bits per heavy atom. The first-order chi connectivity index (χ1) is 11.9. The van der Waals surface area contributed by atoms with Gasteiger partial charge in [0.25, 0.3) is 5.91 Å². The number of rotatable bonds is 7. The molecule has 1 amide bonds. The quantitative estimate of drug-likeness (QED) is 0.353. The minimum Gasteiger partial charge on any atom is -0.493 e. The SMILES string of the molecule is CCOC(=O)Oc1ccc(/C=C(\C#N)C(=O)N[C@H](C)CC)cc1OC. The Morgan fingerprint density at radius 3 is 2.60 bits per heavy atom. The van der Waals surface area contributed by atoms with Crippen LogP contribution in [0.4, 0.5) is 4.79 Å². The van der Waals surface area contributed by atoms with Crippen molar-refractivity contribution in [2.45, 2.75) is 33.2 Å². The summed E-state index contributed by atoms with van der Waals surface area (Å²) < 4.78 is 14.9.